The average molecular weight is 463 g/mol. The van der Waals surface area contributed by atoms with Crippen molar-refractivity contribution in [2.75, 3.05) is 18.5 Å². The standard InChI is InChI=1S/C26H30N4O4/c1-16-11-17(2)25(18(3)12-16)28-22(31)13-27-23(32)15-34-26(33)24-19(4)29-30(20(24)5)14-21-9-7-6-8-10-21/h6-12H,13-15H2,1-5H3,(H,27,32)(H,28,31). The fourth-order valence-electron chi connectivity index (χ4n) is 3.90. The van der Waals surface area contributed by atoms with E-state index in [2.05, 4.69) is 15.7 Å². The number of esters is 1. The van der Waals surface area contributed by atoms with Crippen LogP contribution in [0.3, 0.4) is 0 Å². The van der Waals surface area contributed by atoms with Gasteiger partial charge in [0.05, 0.1) is 24.5 Å². The molecule has 8 heteroatoms. The number of rotatable bonds is 8. The SMILES string of the molecule is Cc1cc(C)c(NC(=O)CNC(=O)COC(=O)c2c(C)nn(Cc3ccccc3)c2C)c(C)c1. The van der Waals surface area contributed by atoms with Crippen molar-refractivity contribution in [2.24, 2.45) is 0 Å². The average Bonchev–Trinajstić information content (AvgIpc) is 3.06. The highest BCUT2D eigenvalue weighted by molar-refractivity contribution is 5.97. The fraction of sp³-hybridized carbons (Fsp3) is 0.308. The van der Waals surface area contributed by atoms with Crippen LogP contribution < -0.4 is 10.6 Å². The molecule has 34 heavy (non-hydrogen) atoms. The van der Waals surface area contributed by atoms with Crippen molar-refractivity contribution in [2.45, 2.75) is 41.2 Å². The molecule has 3 rings (SSSR count). The van der Waals surface area contributed by atoms with Gasteiger partial charge in [-0.15, -0.1) is 0 Å². The molecular formula is C26H30N4O4. The molecule has 1 heterocycles. The largest absolute Gasteiger partial charge is 0.452 e. The van der Waals surface area contributed by atoms with Crippen LogP contribution in [0.25, 0.3) is 0 Å². The van der Waals surface area contributed by atoms with E-state index >= 15 is 0 Å². The number of hydrogen-bond donors (Lipinski definition) is 2. The van der Waals surface area contributed by atoms with Gasteiger partial charge in [0, 0.05) is 5.69 Å². The van der Waals surface area contributed by atoms with Gasteiger partial charge >= 0.3 is 5.97 Å². The minimum Gasteiger partial charge on any atom is -0.452 e. The number of carbonyl (C=O) groups is 3. The zero-order valence-electron chi connectivity index (χ0n) is 20.2. The number of anilines is 1. The second kappa shape index (κ2) is 10.8. The molecule has 0 saturated carbocycles. The molecule has 178 valence electrons. The number of benzene rings is 2. The minimum absolute atomic E-state index is 0.226. The number of hydrogen-bond acceptors (Lipinski definition) is 5. The highest BCUT2D eigenvalue weighted by Crippen LogP contribution is 2.21. The first-order valence-corrected chi connectivity index (χ1v) is 11.0. The van der Waals surface area contributed by atoms with Crippen LogP contribution in [0.4, 0.5) is 5.69 Å². The summed E-state index contributed by atoms with van der Waals surface area (Å²) in [5, 5.41) is 9.73. The van der Waals surface area contributed by atoms with Gasteiger partial charge in [-0.05, 0) is 51.3 Å². The molecule has 0 saturated heterocycles. The van der Waals surface area contributed by atoms with Crippen LogP contribution in [0, 0.1) is 34.6 Å². The maximum absolute atomic E-state index is 12.6. The summed E-state index contributed by atoms with van der Waals surface area (Å²) < 4.78 is 6.92. The Labute approximate surface area is 199 Å². The van der Waals surface area contributed by atoms with Gasteiger partial charge < -0.3 is 15.4 Å². The Bertz CT molecular complexity index is 1190. The number of nitrogens with one attached hydrogen (secondary N) is 2. The molecule has 3 aromatic rings. The third-order valence-corrected chi connectivity index (χ3v) is 5.48. The number of aryl methyl sites for hydroxylation is 4. The molecule has 0 fully saturated rings. The Morgan fingerprint density at radius 3 is 2.24 bits per heavy atom. The summed E-state index contributed by atoms with van der Waals surface area (Å²) in [6.07, 6.45) is 0. The number of aromatic nitrogens is 2. The van der Waals surface area contributed by atoms with Gasteiger partial charge in [-0.2, -0.15) is 5.10 Å². The monoisotopic (exact) mass is 462 g/mol. The molecule has 0 spiro atoms. The van der Waals surface area contributed by atoms with Crippen LogP contribution in [-0.2, 0) is 20.9 Å². The van der Waals surface area contributed by atoms with Gasteiger partial charge in [0.1, 0.15) is 5.56 Å². The molecule has 0 aliphatic rings. The third-order valence-electron chi connectivity index (χ3n) is 5.48. The molecule has 0 bridgehead atoms. The lowest BCUT2D eigenvalue weighted by molar-refractivity contribution is -0.126. The fourth-order valence-corrected chi connectivity index (χ4v) is 3.90. The maximum Gasteiger partial charge on any atom is 0.342 e. The summed E-state index contributed by atoms with van der Waals surface area (Å²) in [6.45, 7) is 9.15. The summed E-state index contributed by atoms with van der Waals surface area (Å²) in [5.41, 5.74) is 6.33. The van der Waals surface area contributed by atoms with Gasteiger partial charge in [-0.25, -0.2) is 4.79 Å². The molecule has 8 nitrogen and oxygen atoms in total. The van der Waals surface area contributed by atoms with E-state index in [0.29, 0.717) is 23.5 Å². The first-order valence-electron chi connectivity index (χ1n) is 11.0. The van der Waals surface area contributed by atoms with Gasteiger partial charge in [0.15, 0.2) is 6.61 Å². The third kappa shape index (κ3) is 6.10. The first kappa shape index (κ1) is 24.7. The first-order chi connectivity index (χ1) is 16.2. The van der Waals surface area contributed by atoms with Gasteiger partial charge in [-0.3, -0.25) is 14.3 Å². The quantitative estimate of drug-likeness (QED) is 0.500. The van der Waals surface area contributed by atoms with E-state index in [-0.39, 0.29) is 12.5 Å². The summed E-state index contributed by atoms with van der Waals surface area (Å²) >= 11 is 0. The predicted octanol–water partition coefficient (Wildman–Crippen LogP) is 3.39. The van der Waals surface area contributed by atoms with Gasteiger partial charge in [-0.1, -0.05) is 48.0 Å². The topological polar surface area (TPSA) is 102 Å². The Kier molecular flexibility index (Phi) is 7.83. The van der Waals surface area contributed by atoms with E-state index in [4.69, 9.17) is 4.74 Å². The molecular weight excluding hydrogens is 432 g/mol. The van der Waals surface area contributed by atoms with Crippen molar-refractivity contribution in [1.29, 1.82) is 0 Å². The molecule has 2 amide bonds. The van der Waals surface area contributed by atoms with Crippen LogP contribution in [-0.4, -0.2) is 40.7 Å². The second-order valence-electron chi connectivity index (χ2n) is 8.36. The minimum atomic E-state index is -0.625. The van der Waals surface area contributed by atoms with Gasteiger partial charge in [0.25, 0.3) is 5.91 Å². The van der Waals surface area contributed by atoms with E-state index in [1.165, 1.54) is 0 Å². The van der Waals surface area contributed by atoms with E-state index in [1.807, 2.05) is 63.2 Å². The molecule has 2 aromatic carbocycles. The van der Waals surface area contributed by atoms with E-state index < -0.39 is 18.5 Å². The van der Waals surface area contributed by atoms with E-state index in [0.717, 1.165) is 27.9 Å². The van der Waals surface area contributed by atoms with Crippen LogP contribution in [0.5, 0.6) is 0 Å². The summed E-state index contributed by atoms with van der Waals surface area (Å²) in [4.78, 5) is 37.0. The maximum atomic E-state index is 12.6. The molecule has 0 aliphatic carbocycles. The number of nitrogens with zero attached hydrogens (tertiary/aromatic N) is 2. The zero-order chi connectivity index (χ0) is 24.8. The zero-order valence-corrected chi connectivity index (χ0v) is 20.2. The van der Waals surface area contributed by atoms with E-state index in [1.54, 1.807) is 18.5 Å². The second-order valence-corrected chi connectivity index (χ2v) is 8.36. The van der Waals surface area contributed by atoms with Gasteiger partial charge in [0.2, 0.25) is 5.91 Å². The summed E-state index contributed by atoms with van der Waals surface area (Å²) in [7, 11) is 0. The highest BCUT2D eigenvalue weighted by Gasteiger charge is 2.21. The van der Waals surface area contributed by atoms with Crippen molar-refractivity contribution in [3.05, 3.63) is 81.7 Å². The molecule has 0 atom stereocenters. The van der Waals surface area contributed by atoms with E-state index in [9.17, 15) is 14.4 Å². The van der Waals surface area contributed by atoms with Crippen LogP contribution in [0.15, 0.2) is 42.5 Å². The number of amides is 2. The lowest BCUT2D eigenvalue weighted by atomic mass is 10.1. The summed E-state index contributed by atoms with van der Waals surface area (Å²) in [6, 6.07) is 13.7. The lowest BCUT2D eigenvalue weighted by Gasteiger charge is -2.13. The van der Waals surface area contributed by atoms with Crippen molar-refractivity contribution >= 4 is 23.5 Å². The van der Waals surface area contributed by atoms with Crippen molar-refractivity contribution in [1.82, 2.24) is 15.1 Å². The molecule has 0 radical (unpaired) electrons. The Morgan fingerprint density at radius 1 is 0.941 bits per heavy atom. The molecule has 0 aliphatic heterocycles. The van der Waals surface area contributed by atoms with Crippen molar-refractivity contribution in [3.8, 4) is 0 Å². The normalized spacial score (nSPS) is 10.6. The summed E-state index contributed by atoms with van der Waals surface area (Å²) in [5.74, 6) is -1.55. The smallest absolute Gasteiger partial charge is 0.342 e. The van der Waals surface area contributed by atoms with Crippen molar-refractivity contribution < 1.29 is 19.1 Å². The number of carbonyl (C=O) groups excluding carboxylic acids is 3. The molecule has 2 N–H and O–H groups in total. The Hall–Kier alpha value is -3.94. The van der Waals surface area contributed by atoms with Crippen LogP contribution in [0.1, 0.15) is 44.0 Å². The predicted molar refractivity (Wildman–Crippen MR) is 130 cm³/mol. The number of ether oxygens (including phenoxy) is 1. The van der Waals surface area contributed by atoms with Crippen LogP contribution in [0.2, 0.25) is 0 Å². The Morgan fingerprint density at radius 2 is 1.59 bits per heavy atom. The molecule has 0 unspecified atom stereocenters. The van der Waals surface area contributed by atoms with Crippen molar-refractivity contribution in [3.63, 3.8) is 0 Å². The lowest BCUT2D eigenvalue weighted by Crippen LogP contribution is -2.35. The highest BCUT2D eigenvalue weighted by atomic mass is 16.5. The van der Waals surface area contributed by atoms with Crippen LogP contribution >= 0.6 is 0 Å². The Balaban J connectivity index is 1.51. The molecule has 1 aromatic heterocycles.